The summed E-state index contributed by atoms with van der Waals surface area (Å²) in [7, 11) is 0. The second-order valence-corrected chi connectivity index (χ2v) is 3.14. The summed E-state index contributed by atoms with van der Waals surface area (Å²) in [6.45, 7) is -0.332. The lowest BCUT2D eigenvalue weighted by Crippen LogP contribution is -2.16. The van der Waals surface area contributed by atoms with Crippen molar-refractivity contribution < 1.29 is 22.7 Å². The molecule has 1 fully saturated rings. The average molecular weight is 196 g/mol. The van der Waals surface area contributed by atoms with E-state index in [9.17, 15) is 18.0 Å². The Bertz CT molecular complexity index is 188. The molecular formula is C8H11F3O2. The molecule has 0 aromatic rings. The summed E-state index contributed by atoms with van der Waals surface area (Å²) in [5.74, 6) is 0.0806. The van der Waals surface area contributed by atoms with E-state index in [2.05, 4.69) is 0 Å². The molecule has 0 aromatic heterocycles. The molecule has 0 N–H and O–H groups in total. The molecule has 2 nitrogen and oxygen atoms in total. The van der Waals surface area contributed by atoms with Crippen LogP contribution in [0.5, 0.6) is 0 Å². The number of ketones is 1. The molecular weight excluding hydrogens is 185 g/mol. The van der Waals surface area contributed by atoms with Crippen molar-refractivity contribution in [2.75, 3.05) is 6.61 Å². The van der Waals surface area contributed by atoms with Crippen molar-refractivity contribution in [1.82, 2.24) is 0 Å². The first kappa shape index (κ1) is 10.5. The van der Waals surface area contributed by atoms with Gasteiger partial charge in [0.2, 0.25) is 0 Å². The third-order valence-corrected chi connectivity index (χ3v) is 1.94. The lowest BCUT2D eigenvalue weighted by Gasteiger charge is -2.11. The number of rotatable bonds is 3. The van der Waals surface area contributed by atoms with E-state index in [0.29, 0.717) is 12.8 Å². The highest BCUT2D eigenvalue weighted by Gasteiger charge is 2.28. The first-order chi connectivity index (χ1) is 5.97. The van der Waals surface area contributed by atoms with Gasteiger partial charge in [0, 0.05) is 12.8 Å². The molecule has 1 saturated carbocycles. The van der Waals surface area contributed by atoms with Gasteiger partial charge in [0.05, 0.1) is 19.1 Å². The number of carbonyl (C=O) groups excluding carboxylic acids is 1. The Morgan fingerprint density at radius 3 is 2.62 bits per heavy atom. The van der Waals surface area contributed by atoms with Crippen molar-refractivity contribution in [3.63, 3.8) is 0 Å². The maximum atomic E-state index is 11.7. The largest absolute Gasteiger partial charge is 0.391 e. The highest BCUT2D eigenvalue weighted by molar-refractivity contribution is 5.81. The Morgan fingerprint density at radius 2 is 2.15 bits per heavy atom. The van der Waals surface area contributed by atoms with Gasteiger partial charge < -0.3 is 4.74 Å². The van der Waals surface area contributed by atoms with E-state index in [-0.39, 0.29) is 24.9 Å². The lowest BCUT2D eigenvalue weighted by molar-refractivity contribution is -0.148. The number of Topliss-reactive ketones (excluding diaryl/α,β-unsaturated/α-hetero) is 1. The maximum Gasteiger partial charge on any atom is 0.391 e. The van der Waals surface area contributed by atoms with Gasteiger partial charge in [0.1, 0.15) is 5.78 Å². The molecule has 0 heterocycles. The molecule has 1 aliphatic rings. The molecule has 1 unspecified atom stereocenters. The van der Waals surface area contributed by atoms with Crippen LogP contribution in [0.3, 0.4) is 0 Å². The van der Waals surface area contributed by atoms with E-state index >= 15 is 0 Å². The fourth-order valence-corrected chi connectivity index (χ4v) is 1.26. The lowest BCUT2D eigenvalue weighted by atomic mass is 10.3. The quantitative estimate of drug-likeness (QED) is 0.690. The smallest absolute Gasteiger partial charge is 0.377 e. The Kier molecular flexibility index (Phi) is 3.30. The van der Waals surface area contributed by atoms with Crippen LogP contribution in [0, 0.1) is 0 Å². The maximum absolute atomic E-state index is 11.7. The number of hydrogen-bond donors (Lipinski definition) is 0. The molecule has 0 aliphatic heterocycles. The van der Waals surface area contributed by atoms with Crippen LogP contribution >= 0.6 is 0 Å². The zero-order chi connectivity index (χ0) is 9.90. The van der Waals surface area contributed by atoms with Gasteiger partial charge in [-0.25, -0.2) is 0 Å². The summed E-state index contributed by atoms with van der Waals surface area (Å²) in [6, 6.07) is 0. The fraction of sp³-hybridized carbons (Fsp3) is 0.875. The number of hydrogen-bond acceptors (Lipinski definition) is 2. The molecule has 76 valence electrons. The highest BCUT2D eigenvalue weighted by Crippen LogP contribution is 2.22. The van der Waals surface area contributed by atoms with Gasteiger partial charge >= 0.3 is 6.18 Å². The Hall–Kier alpha value is -0.580. The zero-order valence-corrected chi connectivity index (χ0v) is 7.06. The molecule has 0 bridgehead atoms. The number of alkyl halides is 3. The summed E-state index contributed by atoms with van der Waals surface area (Å²) >= 11 is 0. The number of ether oxygens (including phenoxy) is 1. The number of carbonyl (C=O) groups is 1. The molecule has 1 aliphatic carbocycles. The summed E-state index contributed by atoms with van der Waals surface area (Å²) in [5, 5.41) is 0. The normalized spacial score (nSPS) is 23.9. The summed E-state index contributed by atoms with van der Waals surface area (Å²) < 4.78 is 39.9. The predicted molar refractivity (Wildman–Crippen MR) is 39.3 cm³/mol. The summed E-state index contributed by atoms with van der Waals surface area (Å²) in [6.07, 6.45) is -4.10. The van der Waals surface area contributed by atoms with E-state index in [0.717, 1.165) is 0 Å². The van der Waals surface area contributed by atoms with Gasteiger partial charge in [0.15, 0.2) is 0 Å². The SMILES string of the molecule is O=C1CCC(OCCC(F)(F)F)C1. The van der Waals surface area contributed by atoms with Crippen LogP contribution < -0.4 is 0 Å². The minimum Gasteiger partial charge on any atom is -0.377 e. The monoisotopic (exact) mass is 196 g/mol. The minimum absolute atomic E-state index is 0.0806. The van der Waals surface area contributed by atoms with E-state index in [1.165, 1.54) is 0 Å². The van der Waals surface area contributed by atoms with Crippen molar-refractivity contribution >= 4 is 5.78 Å². The second-order valence-electron chi connectivity index (χ2n) is 3.14. The Morgan fingerprint density at radius 1 is 1.46 bits per heavy atom. The molecule has 1 rings (SSSR count). The zero-order valence-electron chi connectivity index (χ0n) is 7.06. The van der Waals surface area contributed by atoms with Crippen molar-refractivity contribution in [2.24, 2.45) is 0 Å². The fourth-order valence-electron chi connectivity index (χ4n) is 1.26. The van der Waals surface area contributed by atoms with Gasteiger partial charge in [0.25, 0.3) is 0 Å². The van der Waals surface area contributed by atoms with Crippen LogP contribution in [0.25, 0.3) is 0 Å². The van der Waals surface area contributed by atoms with E-state index in [1.54, 1.807) is 0 Å². The van der Waals surface area contributed by atoms with Gasteiger partial charge in [-0.15, -0.1) is 0 Å². The summed E-state index contributed by atoms with van der Waals surface area (Å²) in [5.41, 5.74) is 0. The molecule has 13 heavy (non-hydrogen) atoms. The van der Waals surface area contributed by atoms with Gasteiger partial charge in [-0.1, -0.05) is 0 Å². The van der Waals surface area contributed by atoms with Crippen molar-refractivity contribution in [3.8, 4) is 0 Å². The topological polar surface area (TPSA) is 26.3 Å². The van der Waals surface area contributed by atoms with E-state index in [1.807, 2.05) is 0 Å². The minimum atomic E-state index is -4.16. The highest BCUT2D eigenvalue weighted by atomic mass is 19.4. The first-order valence-corrected chi connectivity index (χ1v) is 4.17. The van der Waals surface area contributed by atoms with Gasteiger partial charge in [-0.3, -0.25) is 4.79 Å². The standard InChI is InChI=1S/C8H11F3O2/c9-8(10,11)3-4-13-7-2-1-6(12)5-7/h7H,1-5H2. The third-order valence-electron chi connectivity index (χ3n) is 1.94. The molecule has 0 aromatic carbocycles. The molecule has 1 atom stereocenters. The van der Waals surface area contributed by atoms with Crippen molar-refractivity contribution in [3.05, 3.63) is 0 Å². The summed E-state index contributed by atoms with van der Waals surface area (Å²) in [4.78, 5) is 10.7. The first-order valence-electron chi connectivity index (χ1n) is 4.17. The molecule has 0 saturated heterocycles. The second kappa shape index (κ2) is 4.09. The van der Waals surface area contributed by atoms with Crippen LogP contribution in [0.1, 0.15) is 25.7 Å². The van der Waals surface area contributed by atoms with E-state index in [4.69, 9.17) is 4.74 Å². The Labute approximate surface area is 74.1 Å². The predicted octanol–water partition coefficient (Wildman–Crippen LogP) is 2.08. The number of halogens is 3. The molecule has 5 heteroatoms. The van der Waals surface area contributed by atoms with Crippen LogP contribution in [-0.2, 0) is 9.53 Å². The van der Waals surface area contributed by atoms with Crippen molar-refractivity contribution in [1.29, 1.82) is 0 Å². The molecule has 0 amide bonds. The third kappa shape index (κ3) is 4.26. The van der Waals surface area contributed by atoms with Gasteiger partial charge in [-0.05, 0) is 6.42 Å². The van der Waals surface area contributed by atoms with Gasteiger partial charge in [-0.2, -0.15) is 13.2 Å². The van der Waals surface area contributed by atoms with Crippen LogP contribution in [0.15, 0.2) is 0 Å². The molecule has 0 spiro atoms. The Balaban J connectivity index is 2.10. The van der Waals surface area contributed by atoms with Crippen molar-refractivity contribution in [2.45, 2.75) is 38.0 Å². The van der Waals surface area contributed by atoms with Crippen LogP contribution in [0.4, 0.5) is 13.2 Å². The van der Waals surface area contributed by atoms with Crippen LogP contribution in [-0.4, -0.2) is 24.7 Å². The average Bonchev–Trinajstić information content (AvgIpc) is 2.33. The van der Waals surface area contributed by atoms with E-state index < -0.39 is 12.6 Å². The molecule has 0 radical (unpaired) electrons. The van der Waals surface area contributed by atoms with Crippen LogP contribution in [0.2, 0.25) is 0 Å².